The Balaban J connectivity index is 1.14. The zero-order chi connectivity index (χ0) is 29.0. The highest BCUT2D eigenvalue weighted by Crippen LogP contribution is 2.41. The Morgan fingerprint density at radius 3 is 2.49 bits per heavy atom. The standard InChI is InChI=1S/C31H43N7O3/c1-31(2,3)41-30(39)35-23-11-9-22(10-12-23)33-19-29-32-15-14-28(36-29)34-18-21-8-13-24(40-5)16-25(21)26-17-27(20-6-7-20)38(4)37-26/h8,13-17,20,22-23,33H,6-7,9-12,18-19H2,1-5H3,(H,35,39)(H,32,34,36). The zero-order valence-electron chi connectivity index (χ0n) is 24.9. The van der Waals surface area contributed by atoms with E-state index >= 15 is 0 Å². The Kier molecular flexibility index (Phi) is 8.77. The molecule has 3 aromatic rings. The third-order valence-corrected chi connectivity index (χ3v) is 7.67. The third-order valence-electron chi connectivity index (χ3n) is 7.67. The number of alkyl carbamates (subject to hydrolysis) is 1. The fourth-order valence-corrected chi connectivity index (χ4v) is 5.37. The maximum atomic E-state index is 12.1. The molecule has 2 heterocycles. The molecule has 0 radical (unpaired) electrons. The van der Waals surface area contributed by atoms with Crippen molar-refractivity contribution in [3.05, 3.63) is 53.6 Å². The van der Waals surface area contributed by atoms with Gasteiger partial charge in [0.25, 0.3) is 0 Å². The van der Waals surface area contributed by atoms with Gasteiger partial charge in [0.1, 0.15) is 23.0 Å². The Bertz CT molecular complexity index is 1340. The Morgan fingerprint density at radius 2 is 1.78 bits per heavy atom. The molecule has 0 bridgehead atoms. The van der Waals surface area contributed by atoms with Crippen LogP contribution in [0, 0.1) is 0 Å². The number of rotatable bonds is 10. The minimum atomic E-state index is -0.484. The van der Waals surface area contributed by atoms with Crippen LogP contribution in [0.1, 0.15) is 82.3 Å². The van der Waals surface area contributed by atoms with Crippen LogP contribution in [-0.2, 0) is 24.9 Å². The van der Waals surface area contributed by atoms with Gasteiger partial charge in [-0.25, -0.2) is 14.8 Å². The lowest BCUT2D eigenvalue weighted by molar-refractivity contribution is 0.0489. The first-order valence-electron chi connectivity index (χ1n) is 14.7. The number of benzene rings is 1. The second-order valence-corrected chi connectivity index (χ2v) is 12.2. The van der Waals surface area contributed by atoms with E-state index in [0.29, 0.717) is 25.0 Å². The number of methoxy groups -OCH3 is 1. The minimum absolute atomic E-state index is 0.154. The first-order chi connectivity index (χ1) is 19.7. The minimum Gasteiger partial charge on any atom is -0.497 e. The van der Waals surface area contributed by atoms with Crippen molar-refractivity contribution >= 4 is 11.9 Å². The molecule has 2 fully saturated rings. The van der Waals surface area contributed by atoms with Gasteiger partial charge in [-0.3, -0.25) is 4.68 Å². The van der Waals surface area contributed by atoms with E-state index < -0.39 is 5.60 Å². The van der Waals surface area contributed by atoms with Gasteiger partial charge < -0.3 is 25.4 Å². The summed E-state index contributed by atoms with van der Waals surface area (Å²) in [6, 6.07) is 10.8. The molecule has 41 heavy (non-hydrogen) atoms. The highest BCUT2D eigenvalue weighted by atomic mass is 16.6. The summed E-state index contributed by atoms with van der Waals surface area (Å²) in [7, 11) is 3.71. The van der Waals surface area contributed by atoms with Crippen molar-refractivity contribution in [2.24, 2.45) is 7.05 Å². The summed E-state index contributed by atoms with van der Waals surface area (Å²) in [5.74, 6) is 2.97. The maximum absolute atomic E-state index is 12.1. The maximum Gasteiger partial charge on any atom is 0.407 e. The zero-order valence-corrected chi connectivity index (χ0v) is 24.9. The van der Waals surface area contributed by atoms with E-state index in [9.17, 15) is 4.79 Å². The van der Waals surface area contributed by atoms with Crippen LogP contribution < -0.4 is 20.7 Å². The average Bonchev–Trinajstić information content (AvgIpc) is 3.71. The molecule has 10 heteroatoms. The number of aryl methyl sites for hydroxylation is 1. The van der Waals surface area contributed by atoms with Crippen molar-refractivity contribution in [2.45, 2.75) is 96.0 Å². The number of nitrogens with zero attached hydrogens (tertiary/aromatic N) is 4. The molecule has 0 atom stereocenters. The highest BCUT2D eigenvalue weighted by molar-refractivity contribution is 5.68. The SMILES string of the molecule is COc1ccc(CNc2ccnc(CNC3CCC(NC(=O)OC(C)(C)C)CC3)n2)c(-c2cc(C3CC3)n(C)n2)c1. The first-order valence-corrected chi connectivity index (χ1v) is 14.7. The predicted octanol–water partition coefficient (Wildman–Crippen LogP) is 5.30. The van der Waals surface area contributed by atoms with Crippen molar-refractivity contribution in [1.29, 1.82) is 0 Å². The van der Waals surface area contributed by atoms with Gasteiger partial charge in [0.2, 0.25) is 0 Å². The summed E-state index contributed by atoms with van der Waals surface area (Å²) in [4.78, 5) is 21.3. The first kappa shape index (κ1) is 28.9. The molecule has 3 N–H and O–H groups in total. The number of carbonyl (C=O) groups excluding carboxylic acids is 1. The van der Waals surface area contributed by atoms with Gasteiger partial charge >= 0.3 is 6.09 Å². The molecule has 2 aromatic heterocycles. The molecule has 0 aliphatic heterocycles. The average molecular weight is 562 g/mol. The topological polar surface area (TPSA) is 115 Å². The fraction of sp³-hybridized carbons (Fsp3) is 0.548. The van der Waals surface area contributed by atoms with E-state index in [2.05, 4.69) is 39.1 Å². The third kappa shape index (κ3) is 7.97. The molecule has 2 aliphatic rings. The Labute approximate surface area is 242 Å². The molecule has 0 saturated heterocycles. The van der Waals surface area contributed by atoms with Crippen molar-refractivity contribution in [3.63, 3.8) is 0 Å². The lowest BCUT2D eigenvalue weighted by Crippen LogP contribution is -2.43. The number of aromatic nitrogens is 4. The number of amides is 1. The quantitative estimate of drug-likeness (QED) is 0.305. The number of hydrogen-bond donors (Lipinski definition) is 3. The molecule has 220 valence electrons. The van der Waals surface area contributed by atoms with Gasteiger partial charge in [0.15, 0.2) is 0 Å². The van der Waals surface area contributed by atoms with Gasteiger partial charge in [-0.1, -0.05) is 6.07 Å². The molecule has 1 aromatic carbocycles. The van der Waals surface area contributed by atoms with Crippen molar-refractivity contribution < 1.29 is 14.3 Å². The van der Waals surface area contributed by atoms with E-state index in [0.717, 1.165) is 59.9 Å². The van der Waals surface area contributed by atoms with E-state index in [1.807, 2.05) is 44.6 Å². The molecule has 5 rings (SSSR count). The molecule has 10 nitrogen and oxygen atoms in total. The van der Waals surface area contributed by atoms with E-state index in [4.69, 9.17) is 19.6 Å². The lowest BCUT2D eigenvalue weighted by atomic mass is 9.91. The molecular weight excluding hydrogens is 518 g/mol. The molecule has 2 aliphatic carbocycles. The summed E-state index contributed by atoms with van der Waals surface area (Å²) >= 11 is 0. The van der Waals surface area contributed by atoms with Crippen LogP contribution in [0.25, 0.3) is 11.3 Å². The van der Waals surface area contributed by atoms with Crippen LogP contribution >= 0.6 is 0 Å². The van der Waals surface area contributed by atoms with Crippen LogP contribution in [0.5, 0.6) is 5.75 Å². The predicted molar refractivity (Wildman–Crippen MR) is 159 cm³/mol. The number of hydrogen-bond acceptors (Lipinski definition) is 8. The van der Waals surface area contributed by atoms with Crippen LogP contribution in [0.3, 0.4) is 0 Å². The summed E-state index contributed by atoms with van der Waals surface area (Å²) in [6.45, 7) is 6.83. The van der Waals surface area contributed by atoms with Gasteiger partial charge in [-0.2, -0.15) is 5.10 Å². The Morgan fingerprint density at radius 1 is 1.02 bits per heavy atom. The van der Waals surface area contributed by atoms with Crippen LogP contribution in [-0.4, -0.2) is 50.6 Å². The van der Waals surface area contributed by atoms with E-state index in [1.165, 1.54) is 18.5 Å². The van der Waals surface area contributed by atoms with Gasteiger partial charge in [0, 0.05) is 49.0 Å². The number of ether oxygens (including phenoxy) is 2. The highest BCUT2D eigenvalue weighted by Gasteiger charge is 2.28. The number of nitrogens with one attached hydrogen (secondary N) is 3. The van der Waals surface area contributed by atoms with Crippen LogP contribution in [0.4, 0.5) is 10.6 Å². The van der Waals surface area contributed by atoms with Crippen LogP contribution in [0.2, 0.25) is 0 Å². The second kappa shape index (κ2) is 12.5. The summed E-state index contributed by atoms with van der Waals surface area (Å²) < 4.78 is 12.9. The van der Waals surface area contributed by atoms with E-state index in [-0.39, 0.29) is 12.1 Å². The van der Waals surface area contributed by atoms with Crippen molar-refractivity contribution in [3.8, 4) is 17.0 Å². The molecule has 0 spiro atoms. The molecule has 2 saturated carbocycles. The summed E-state index contributed by atoms with van der Waals surface area (Å²) in [6.07, 6.45) is 7.74. The molecule has 0 unspecified atom stereocenters. The van der Waals surface area contributed by atoms with Gasteiger partial charge in [-0.15, -0.1) is 0 Å². The fourth-order valence-electron chi connectivity index (χ4n) is 5.37. The smallest absolute Gasteiger partial charge is 0.407 e. The summed E-state index contributed by atoms with van der Waals surface area (Å²) in [5.41, 5.74) is 3.96. The number of carbonyl (C=O) groups is 1. The number of anilines is 1. The van der Waals surface area contributed by atoms with Crippen LogP contribution in [0.15, 0.2) is 36.5 Å². The molecule has 1 amide bonds. The largest absolute Gasteiger partial charge is 0.497 e. The van der Waals surface area contributed by atoms with Gasteiger partial charge in [0.05, 0.1) is 19.3 Å². The summed E-state index contributed by atoms with van der Waals surface area (Å²) in [5, 5.41) is 14.9. The monoisotopic (exact) mass is 561 g/mol. The van der Waals surface area contributed by atoms with Crippen molar-refractivity contribution in [1.82, 2.24) is 30.4 Å². The Hall–Kier alpha value is -3.66. The lowest BCUT2D eigenvalue weighted by Gasteiger charge is -2.30. The second-order valence-electron chi connectivity index (χ2n) is 12.2. The molecular formula is C31H43N7O3. The van der Waals surface area contributed by atoms with E-state index in [1.54, 1.807) is 13.3 Å². The normalized spacial score (nSPS) is 19.0. The van der Waals surface area contributed by atoms with Gasteiger partial charge in [-0.05, 0) is 89.1 Å². The van der Waals surface area contributed by atoms with Crippen molar-refractivity contribution in [2.75, 3.05) is 12.4 Å².